The van der Waals surface area contributed by atoms with E-state index in [-0.39, 0.29) is 16.9 Å². The summed E-state index contributed by atoms with van der Waals surface area (Å²) in [5.41, 5.74) is 1.09. The molecule has 0 radical (unpaired) electrons. The number of ether oxygens (including phenoxy) is 2. The van der Waals surface area contributed by atoms with Crippen molar-refractivity contribution in [2.24, 2.45) is 0 Å². The summed E-state index contributed by atoms with van der Waals surface area (Å²) in [7, 11) is 1.55. The predicted octanol–water partition coefficient (Wildman–Crippen LogP) is 3.64. The van der Waals surface area contributed by atoms with Gasteiger partial charge in [-0.1, -0.05) is 24.3 Å². The molecule has 0 aliphatic carbocycles. The number of hydrogen-bond acceptors (Lipinski definition) is 6. The van der Waals surface area contributed by atoms with Gasteiger partial charge in [-0.3, -0.25) is 0 Å². The van der Waals surface area contributed by atoms with E-state index < -0.39 is 5.97 Å². The van der Waals surface area contributed by atoms with Crippen LogP contribution in [-0.4, -0.2) is 13.1 Å². The molecular formula is C21H13N3O3. The van der Waals surface area contributed by atoms with E-state index in [1.54, 1.807) is 55.6 Å². The average molecular weight is 355 g/mol. The van der Waals surface area contributed by atoms with Gasteiger partial charge in [-0.2, -0.15) is 15.8 Å². The van der Waals surface area contributed by atoms with Crippen molar-refractivity contribution in [2.45, 2.75) is 0 Å². The fourth-order valence-corrected chi connectivity index (χ4v) is 2.05. The molecule has 27 heavy (non-hydrogen) atoms. The van der Waals surface area contributed by atoms with Crippen LogP contribution in [0.3, 0.4) is 0 Å². The Kier molecular flexibility index (Phi) is 6.49. The maximum absolute atomic E-state index is 12.2. The van der Waals surface area contributed by atoms with Gasteiger partial charge >= 0.3 is 5.97 Å². The number of allylic oxidation sites excluding steroid dienone is 1. The summed E-state index contributed by atoms with van der Waals surface area (Å²) < 4.78 is 10.2. The summed E-state index contributed by atoms with van der Waals surface area (Å²) in [5, 5.41) is 26.7. The number of carbonyl (C=O) groups excluding carboxylic acids is 1. The van der Waals surface area contributed by atoms with Crippen molar-refractivity contribution in [1.82, 2.24) is 0 Å². The van der Waals surface area contributed by atoms with Gasteiger partial charge in [0.1, 0.15) is 40.9 Å². The Bertz CT molecular complexity index is 997. The van der Waals surface area contributed by atoms with Gasteiger partial charge in [0.05, 0.1) is 7.11 Å². The molecule has 2 aromatic carbocycles. The maximum atomic E-state index is 12.2. The highest BCUT2D eigenvalue weighted by atomic mass is 16.5. The van der Waals surface area contributed by atoms with Gasteiger partial charge in [0.25, 0.3) is 0 Å². The van der Waals surface area contributed by atoms with E-state index in [4.69, 9.17) is 20.0 Å². The molecule has 0 atom stereocenters. The lowest BCUT2D eigenvalue weighted by Gasteiger charge is -2.04. The minimum atomic E-state index is -0.786. The van der Waals surface area contributed by atoms with E-state index in [0.717, 1.165) is 0 Å². The van der Waals surface area contributed by atoms with Crippen LogP contribution >= 0.6 is 0 Å². The summed E-state index contributed by atoms with van der Waals surface area (Å²) in [6.45, 7) is 0. The Balaban J connectivity index is 2.13. The van der Waals surface area contributed by atoms with Crippen LogP contribution in [0.1, 0.15) is 11.1 Å². The van der Waals surface area contributed by atoms with Gasteiger partial charge < -0.3 is 9.47 Å². The van der Waals surface area contributed by atoms with Crippen LogP contribution < -0.4 is 9.47 Å². The van der Waals surface area contributed by atoms with Crippen molar-refractivity contribution in [3.8, 4) is 29.7 Å². The molecule has 0 amide bonds. The Morgan fingerprint density at radius 3 is 1.81 bits per heavy atom. The molecule has 0 fully saturated rings. The van der Waals surface area contributed by atoms with Gasteiger partial charge in [-0.05, 0) is 47.5 Å². The number of nitriles is 3. The Morgan fingerprint density at radius 2 is 1.33 bits per heavy atom. The van der Waals surface area contributed by atoms with E-state index in [9.17, 15) is 10.1 Å². The minimum Gasteiger partial charge on any atom is -0.497 e. The monoisotopic (exact) mass is 355 g/mol. The van der Waals surface area contributed by atoms with Crippen LogP contribution in [0, 0.1) is 34.0 Å². The van der Waals surface area contributed by atoms with Crippen molar-refractivity contribution in [1.29, 1.82) is 15.8 Å². The van der Waals surface area contributed by atoms with Crippen LogP contribution in [0.5, 0.6) is 11.5 Å². The Hall–Kier alpha value is -4.34. The number of benzene rings is 2. The lowest BCUT2D eigenvalue weighted by atomic mass is 10.1. The molecule has 0 heterocycles. The number of methoxy groups -OCH3 is 1. The highest BCUT2D eigenvalue weighted by molar-refractivity contribution is 5.99. The van der Waals surface area contributed by atoms with Gasteiger partial charge in [0.15, 0.2) is 0 Å². The molecule has 6 nitrogen and oxygen atoms in total. The van der Waals surface area contributed by atoms with Crippen LogP contribution in [0.25, 0.3) is 12.2 Å². The van der Waals surface area contributed by atoms with Gasteiger partial charge in [0, 0.05) is 0 Å². The quantitative estimate of drug-likeness (QED) is 0.351. The number of carbonyl (C=O) groups is 1. The predicted molar refractivity (Wildman–Crippen MR) is 97.9 cm³/mol. The van der Waals surface area contributed by atoms with E-state index in [1.165, 1.54) is 24.3 Å². The second kappa shape index (κ2) is 9.22. The third-order valence-corrected chi connectivity index (χ3v) is 3.41. The van der Waals surface area contributed by atoms with Crippen LogP contribution in [0.15, 0.2) is 59.7 Å². The van der Waals surface area contributed by atoms with Gasteiger partial charge in [-0.25, -0.2) is 4.79 Å². The number of nitrogens with zero attached hydrogens (tertiary/aromatic N) is 3. The highest BCUT2D eigenvalue weighted by Crippen LogP contribution is 2.18. The first kappa shape index (κ1) is 19.0. The van der Waals surface area contributed by atoms with E-state index in [2.05, 4.69) is 0 Å². The molecule has 2 rings (SSSR count). The number of hydrogen-bond donors (Lipinski definition) is 0. The topological polar surface area (TPSA) is 107 Å². The second-order valence-corrected chi connectivity index (χ2v) is 5.18. The molecule has 2 aromatic rings. The molecular weight excluding hydrogens is 342 g/mol. The average Bonchev–Trinajstić information content (AvgIpc) is 2.71. The molecule has 0 saturated carbocycles. The molecule has 0 aliphatic heterocycles. The summed E-state index contributed by atoms with van der Waals surface area (Å²) in [6.07, 6.45) is 2.83. The molecule has 0 N–H and O–H groups in total. The number of rotatable bonds is 5. The first-order chi connectivity index (χ1) is 13.1. The second-order valence-electron chi connectivity index (χ2n) is 5.18. The fourth-order valence-electron chi connectivity index (χ4n) is 2.05. The van der Waals surface area contributed by atoms with Crippen LogP contribution in [0.2, 0.25) is 0 Å². The molecule has 0 bridgehead atoms. The molecule has 130 valence electrons. The largest absolute Gasteiger partial charge is 0.497 e. The summed E-state index contributed by atoms with van der Waals surface area (Å²) >= 11 is 0. The van der Waals surface area contributed by atoms with Crippen molar-refractivity contribution >= 4 is 18.1 Å². The SMILES string of the molecule is COc1ccc(/C=C(\C#N)C(=O)Oc2ccc(C=C(C#N)C#N)cc2)cc1. The third kappa shape index (κ3) is 5.32. The first-order valence-electron chi connectivity index (χ1n) is 7.69. The zero-order valence-electron chi connectivity index (χ0n) is 14.3. The molecule has 0 spiro atoms. The van der Waals surface area contributed by atoms with Gasteiger partial charge in [-0.15, -0.1) is 0 Å². The van der Waals surface area contributed by atoms with E-state index in [0.29, 0.717) is 16.9 Å². The maximum Gasteiger partial charge on any atom is 0.354 e. The van der Waals surface area contributed by atoms with Crippen molar-refractivity contribution in [3.63, 3.8) is 0 Å². The van der Waals surface area contributed by atoms with Crippen LogP contribution in [-0.2, 0) is 4.79 Å². The van der Waals surface area contributed by atoms with E-state index >= 15 is 0 Å². The minimum absolute atomic E-state index is 0.0334. The number of esters is 1. The molecule has 6 heteroatoms. The van der Waals surface area contributed by atoms with Crippen molar-refractivity contribution in [3.05, 3.63) is 70.8 Å². The summed E-state index contributed by atoms with van der Waals surface area (Å²) in [4.78, 5) is 12.2. The standard InChI is InChI=1S/C21H13N3O3/c1-26-19-6-2-16(3-7-19)11-18(14-24)21(25)27-20-8-4-15(5-9-20)10-17(12-22)13-23/h2-11H,1H3/b18-11+. The fraction of sp³-hybridized carbons (Fsp3) is 0.0476. The molecule has 0 aromatic heterocycles. The van der Waals surface area contributed by atoms with E-state index in [1.807, 2.05) is 6.07 Å². The zero-order valence-corrected chi connectivity index (χ0v) is 14.3. The van der Waals surface area contributed by atoms with Crippen molar-refractivity contribution < 1.29 is 14.3 Å². The molecule has 0 unspecified atom stereocenters. The lowest BCUT2D eigenvalue weighted by Crippen LogP contribution is -2.10. The first-order valence-corrected chi connectivity index (χ1v) is 7.69. The summed E-state index contributed by atoms with van der Waals surface area (Å²) in [6, 6.07) is 18.4. The zero-order chi connectivity index (χ0) is 19.6. The Morgan fingerprint density at radius 1 is 0.815 bits per heavy atom. The lowest BCUT2D eigenvalue weighted by molar-refractivity contribution is -0.129. The normalized spacial score (nSPS) is 9.93. The third-order valence-electron chi connectivity index (χ3n) is 3.41. The molecule has 0 saturated heterocycles. The van der Waals surface area contributed by atoms with Crippen molar-refractivity contribution in [2.75, 3.05) is 7.11 Å². The van der Waals surface area contributed by atoms with Crippen LogP contribution in [0.4, 0.5) is 0 Å². The Labute approximate surface area is 156 Å². The van der Waals surface area contributed by atoms with Gasteiger partial charge in [0.2, 0.25) is 0 Å². The highest BCUT2D eigenvalue weighted by Gasteiger charge is 2.12. The molecule has 0 aliphatic rings. The smallest absolute Gasteiger partial charge is 0.354 e. The summed E-state index contributed by atoms with van der Waals surface area (Å²) in [5.74, 6) is 0.119.